The van der Waals surface area contributed by atoms with Crippen molar-refractivity contribution in [2.24, 2.45) is 5.73 Å². The van der Waals surface area contributed by atoms with Crippen LogP contribution in [0.2, 0.25) is 0 Å². The molecule has 1 rings (SSSR count). The van der Waals surface area contributed by atoms with Crippen LogP contribution in [0.1, 0.15) is 5.56 Å². The van der Waals surface area contributed by atoms with Gasteiger partial charge in [0.05, 0.1) is 11.7 Å². The third-order valence-corrected chi connectivity index (χ3v) is 2.38. The van der Waals surface area contributed by atoms with Gasteiger partial charge in [0.25, 0.3) is 6.43 Å². The van der Waals surface area contributed by atoms with E-state index in [0.717, 1.165) is 6.07 Å². The summed E-state index contributed by atoms with van der Waals surface area (Å²) in [6.45, 7) is 0. The summed E-state index contributed by atoms with van der Waals surface area (Å²) in [5.41, 5.74) is 5.45. The van der Waals surface area contributed by atoms with E-state index < -0.39 is 24.1 Å². The first-order chi connectivity index (χ1) is 7.84. The number of hydrogen-bond donors (Lipinski definition) is 1. The van der Waals surface area contributed by atoms with Gasteiger partial charge in [0.15, 0.2) is 11.6 Å². The van der Waals surface area contributed by atoms with Crippen molar-refractivity contribution in [3.8, 4) is 0 Å². The SMILES string of the molecule is CN(C)c1c(CC(N)C(F)F)ccc(F)c1F. The summed E-state index contributed by atoms with van der Waals surface area (Å²) in [6, 6.07) is 0.796. The zero-order valence-electron chi connectivity index (χ0n) is 9.55. The molecule has 2 nitrogen and oxygen atoms in total. The van der Waals surface area contributed by atoms with E-state index >= 15 is 0 Å². The first-order valence-corrected chi connectivity index (χ1v) is 5.02. The monoisotopic (exact) mass is 250 g/mol. The van der Waals surface area contributed by atoms with E-state index in [1.54, 1.807) is 0 Å². The van der Waals surface area contributed by atoms with Crippen molar-refractivity contribution in [3.63, 3.8) is 0 Å². The Labute approximate surface area is 97.0 Å². The van der Waals surface area contributed by atoms with Crippen LogP contribution in [0.5, 0.6) is 0 Å². The molecule has 0 aliphatic carbocycles. The molecule has 0 bridgehead atoms. The summed E-state index contributed by atoms with van der Waals surface area (Å²) in [4.78, 5) is 1.34. The van der Waals surface area contributed by atoms with Crippen molar-refractivity contribution in [1.82, 2.24) is 0 Å². The molecule has 0 saturated heterocycles. The van der Waals surface area contributed by atoms with Crippen LogP contribution in [0, 0.1) is 11.6 Å². The Morgan fingerprint density at radius 3 is 2.29 bits per heavy atom. The number of alkyl halides is 2. The Morgan fingerprint density at radius 2 is 1.82 bits per heavy atom. The first-order valence-electron chi connectivity index (χ1n) is 5.02. The summed E-state index contributed by atoms with van der Waals surface area (Å²) in [7, 11) is 3.02. The van der Waals surface area contributed by atoms with Crippen LogP contribution in [0.25, 0.3) is 0 Å². The molecular formula is C11H14F4N2. The van der Waals surface area contributed by atoms with Crippen LogP contribution in [0.15, 0.2) is 12.1 Å². The predicted octanol–water partition coefficient (Wildman–Crippen LogP) is 2.17. The second kappa shape index (κ2) is 5.35. The highest BCUT2D eigenvalue weighted by Crippen LogP contribution is 2.26. The minimum absolute atomic E-state index is 0.0406. The molecule has 0 aliphatic rings. The molecule has 0 fully saturated rings. The quantitative estimate of drug-likeness (QED) is 0.830. The van der Waals surface area contributed by atoms with E-state index in [1.165, 1.54) is 25.1 Å². The van der Waals surface area contributed by atoms with E-state index in [9.17, 15) is 17.6 Å². The van der Waals surface area contributed by atoms with E-state index in [-0.39, 0.29) is 17.7 Å². The van der Waals surface area contributed by atoms with Crippen molar-refractivity contribution in [3.05, 3.63) is 29.3 Å². The Balaban J connectivity index is 3.11. The normalized spacial score (nSPS) is 12.9. The molecule has 2 N–H and O–H groups in total. The fourth-order valence-corrected chi connectivity index (χ4v) is 1.57. The van der Waals surface area contributed by atoms with Crippen LogP contribution < -0.4 is 10.6 Å². The van der Waals surface area contributed by atoms with E-state index in [1.807, 2.05) is 0 Å². The molecule has 0 radical (unpaired) electrons. The molecule has 6 heteroatoms. The lowest BCUT2D eigenvalue weighted by atomic mass is 10.0. The molecule has 1 atom stereocenters. The maximum atomic E-state index is 13.5. The summed E-state index contributed by atoms with van der Waals surface area (Å²) in [5.74, 6) is -2.06. The van der Waals surface area contributed by atoms with Gasteiger partial charge < -0.3 is 10.6 Å². The van der Waals surface area contributed by atoms with E-state index in [0.29, 0.717) is 0 Å². The fourth-order valence-electron chi connectivity index (χ4n) is 1.57. The van der Waals surface area contributed by atoms with Crippen LogP contribution in [0.3, 0.4) is 0 Å². The van der Waals surface area contributed by atoms with Gasteiger partial charge >= 0.3 is 0 Å². The Morgan fingerprint density at radius 1 is 1.24 bits per heavy atom. The molecule has 1 aromatic carbocycles. The Kier molecular flexibility index (Phi) is 4.34. The third kappa shape index (κ3) is 3.09. The molecule has 1 unspecified atom stereocenters. The van der Waals surface area contributed by atoms with Crippen LogP contribution >= 0.6 is 0 Å². The van der Waals surface area contributed by atoms with Gasteiger partial charge in [-0.15, -0.1) is 0 Å². The van der Waals surface area contributed by atoms with Gasteiger partial charge in [-0.2, -0.15) is 0 Å². The summed E-state index contributed by atoms with van der Waals surface area (Å²) in [5, 5.41) is 0. The first kappa shape index (κ1) is 13.8. The zero-order valence-corrected chi connectivity index (χ0v) is 9.55. The molecular weight excluding hydrogens is 236 g/mol. The number of benzene rings is 1. The van der Waals surface area contributed by atoms with E-state index in [2.05, 4.69) is 0 Å². The maximum Gasteiger partial charge on any atom is 0.253 e. The van der Waals surface area contributed by atoms with Crippen molar-refractivity contribution in [2.45, 2.75) is 18.9 Å². The topological polar surface area (TPSA) is 29.3 Å². The number of hydrogen-bond acceptors (Lipinski definition) is 2. The Bertz CT molecular complexity index is 393. The number of nitrogens with two attached hydrogens (primary N) is 1. The van der Waals surface area contributed by atoms with Crippen molar-refractivity contribution in [2.75, 3.05) is 19.0 Å². The summed E-state index contributed by atoms with van der Waals surface area (Å²) in [6.07, 6.45) is -2.90. The predicted molar refractivity (Wildman–Crippen MR) is 58.4 cm³/mol. The molecule has 0 aliphatic heterocycles. The van der Waals surface area contributed by atoms with Crippen molar-refractivity contribution in [1.29, 1.82) is 0 Å². The average molecular weight is 250 g/mol. The Hall–Kier alpha value is -1.30. The standard InChI is InChI=1S/C11H14F4N2/c1-17(2)10-6(5-8(16)11(14)15)3-4-7(12)9(10)13/h3-4,8,11H,5,16H2,1-2H3. The molecule has 0 heterocycles. The molecule has 0 amide bonds. The minimum atomic E-state index is -2.70. The van der Waals surface area contributed by atoms with E-state index in [4.69, 9.17) is 5.73 Å². The third-order valence-electron chi connectivity index (χ3n) is 2.38. The van der Waals surface area contributed by atoms with Crippen LogP contribution in [-0.2, 0) is 6.42 Å². The molecule has 96 valence electrons. The maximum absolute atomic E-state index is 13.5. The number of nitrogens with zero attached hydrogens (tertiary/aromatic N) is 1. The minimum Gasteiger partial charge on any atom is -0.375 e. The smallest absolute Gasteiger partial charge is 0.253 e. The fraction of sp³-hybridized carbons (Fsp3) is 0.455. The molecule has 0 aromatic heterocycles. The number of anilines is 1. The second-order valence-corrected chi connectivity index (χ2v) is 3.97. The van der Waals surface area contributed by atoms with Crippen LogP contribution in [-0.4, -0.2) is 26.6 Å². The molecule has 17 heavy (non-hydrogen) atoms. The number of rotatable bonds is 4. The second-order valence-electron chi connectivity index (χ2n) is 3.97. The van der Waals surface area contributed by atoms with Gasteiger partial charge in [0, 0.05) is 14.1 Å². The summed E-state index contributed by atoms with van der Waals surface area (Å²) < 4.78 is 51.2. The van der Waals surface area contributed by atoms with Gasteiger partial charge in [-0.3, -0.25) is 0 Å². The lowest BCUT2D eigenvalue weighted by Crippen LogP contribution is -2.31. The average Bonchev–Trinajstić information content (AvgIpc) is 2.22. The van der Waals surface area contributed by atoms with Gasteiger partial charge in [0.1, 0.15) is 0 Å². The molecule has 1 aromatic rings. The van der Waals surface area contributed by atoms with Gasteiger partial charge in [-0.05, 0) is 18.1 Å². The highest BCUT2D eigenvalue weighted by molar-refractivity contribution is 5.54. The van der Waals surface area contributed by atoms with Gasteiger partial charge in [0.2, 0.25) is 0 Å². The zero-order chi connectivity index (χ0) is 13.2. The van der Waals surface area contributed by atoms with Gasteiger partial charge in [-0.1, -0.05) is 6.07 Å². The number of halogens is 4. The van der Waals surface area contributed by atoms with Crippen LogP contribution in [0.4, 0.5) is 23.2 Å². The van der Waals surface area contributed by atoms with Crippen molar-refractivity contribution < 1.29 is 17.6 Å². The van der Waals surface area contributed by atoms with Crippen molar-refractivity contribution >= 4 is 5.69 Å². The lowest BCUT2D eigenvalue weighted by Gasteiger charge is -2.20. The highest BCUT2D eigenvalue weighted by Gasteiger charge is 2.21. The highest BCUT2D eigenvalue weighted by atomic mass is 19.3. The summed E-state index contributed by atoms with van der Waals surface area (Å²) >= 11 is 0. The largest absolute Gasteiger partial charge is 0.375 e. The molecule has 0 spiro atoms. The lowest BCUT2D eigenvalue weighted by molar-refractivity contribution is 0.116. The van der Waals surface area contributed by atoms with Gasteiger partial charge in [-0.25, -0.2) is 17.6 Å². The molecule has 0 saturated carbocycles.